The van der Waals surface area contributed by atoms with Crippen LogP contribution in [0.1, 0.15) is 28.4 Å². The third-order valence-electron chi connectivity index (χ3n) is 2.66. The Kier molecular flexibility index (Phi) is 3.58. The molecule has 0 bridgehead atoms. The first kappa shape index (κ1) is 12.1. The molecule has 0 heterocycles. The molecule has 90 valence electrons. The topological polar surface area (TPSA) is 37.3 Å². The highest BCUT2D eigenvalue weighted by Gasteiger charge is 2.12. The molecule has 0 aliphatic rings. The minimum atomic E-state index is -0.0382. The lowest BCUT2D eigenvalue weighted by Gasteiger charge is -2.06. The van der Waals surface area contributed by atoms with Gasteiger partial charge in [-0.2, -0.15) is 0 Å². The van der Waals surface area contributed by atoms with Crippen LogP contribution in [0.15, 0.2) is 54.6 Å². The van der Waals surface area contributed by atoms with E-state index in [0.29, 0.717) is 11.1 Å². The van der Waals surface area contributed by atoms with Crippen molar-refractivity contribution in [1.82, 2.24) is 0 Å². The van der Waals surface area contributed by atoms with Crippen LogP contribution in [-0.4, -0.2) is 10.9 Å². The highest BCUT2D eigenvalue weighted by molar-refractivity contribution is 6.11. The molecule has 18 heavy (non-hydrogen) atoms. The Morgan fingerprint density at radius 2 is 1.83 bits per heavy atom. The van der Waals surface area contributed by atoms with Gasteiger partial charge in [0.1, 0.15) is 5.75 Å². The zero-order valence-electron chi connectivity index (χ0n) is 10.1. The summed E-state index contributed by atoms with van der Waals surface area (Å²) < 4.78 is 0. The van der Waals surface area contributed by atoms with Crippen molar-refractivity contribution in [2.24, 2.45) is 0 Å². The standard InChI is InChI=1S/C16H14O2/c1-2-6-13-11-14(17)9-10-15(13)16(18)12-7-4-3-5-8-12/h2-11,17H,1H3. The number of hydrogen-bond acceptors (Lipinski definition) is 2. The maximum Gasteiger partial charge on any atom is 0.193 e. The molecule has 0 spiro atoms. The maximum atomic E-state index is 12.3. The summed E-state index contributed by atoms with van der Waals surface area (Å²) in [6, 6.07) is 13.9. The lowest BCUT2D eigenvalue weighted by atomic mass is 9.98. The molecule has 0 saturated carbocycles. The van der Waals surface area contributed by atoms with E-state index in [9.17, 15) is 9.90 Å². The highest BCUT2D eigenvalue weighted by atomic mass is 16.3. The molecule has 0 aliphatic heterocycles. The Labute approximate surface area is 106 Å². The molecular weight excluding hydrogens is 224 g/mol. The fraction of sp³-hybridized carbons (Fsp3) is 0.0625. The quantitative estimate of drug-likeness (QED) is 0.828. The first-order chi connectivity index (χ1) is 8.72. The summed E-state index contributed by atoms with van der Waals surface area (Å²) in [5.74, 6) is 0.122. The van der Waals surface area contributed by atoms with Gasteiger partial charge in [0, 0.05) is 11.1 Å². The number of benzene rings is 2. The van der Waals surface area contributed by atoms with Crippen molar-refractivity contribution in [3.63, 3.8) is 0 Å². The monoisotopic (exact) mass is 238 g/mol. The third kappa shape index (κ3) is 2.48. The summed E-state index contributed by atoms with van der Waals surface area (Å²) in [5, 5.41) is 9.47. The normalized spacial score (nSPS) is 10.7. The van der Waals surface area contributed by atoms with E-state index in [2.05, 4.69) is 0 Å². The van der Waals surface area contributed by atoms with Gasteiger partial charge in [-0.05, 0) is 30.7 Å². The van der Waals surface area contributed by atoms with Gasteiger partial charge < -0.3 is 5.11 Å². The SMILES string of the molecule is CC=Cc1cc(O)ccc1C(=O)c1ccccc1. The lowest BCUT2D eigenvalue weighted by Crippen LogP contribution is -2.03. The van der Waals surface area contributed by atoms with Crippen molar-refractivity contribution in [2.75, 3.05) is 0 Å². The number of phenols is 1. The fourth-order valence-electron chi connectivity index (χ4n) is 1.82. The lowest BCUT2D eigenvalue weighted by molar-refractivity contribution is 0.103. The number of ketones is 1. The van der Waals surface area contributed by atoms with Crippen molar-refractivity contribution in [1.29, 1.82) is 0 Å². The number of carbonyl (C=O) groups is 1. The van der Waals surface area contributed by atoms with Crippen molar-refractivity contribution in [2.45, 2.75) is 6.92 Å². The number of hydrogen-bond donors (Lipinski definition) is 1. The van der Waals surface area contributed by atoms with Gasteiger partial charge in [-0.25, -0.2) is 0 Å². The van der Waals surface area contributed by atoms with Gasteiger partial charge in [-0.1, -0.05) is 42.5 Å². The van der Waals surface area contributed by atoms with E-state index in [-0.39, 0.29) is 11.5 Å². The van der Waals surface area contributed by atoms with Gasteiger partial charge in [0.15, 0.2) is 5.78 Å². The van der Waals surface area contributed by atoms with E-state index in [1.54, 1.807) is 24.3 Å². The van der Waals surface area contributed by atoms with E-state index in [1.165, 1.54) is 6.07 Å². The molecule has 0 atom stereocenters. The largest absolute Gasteiger partial charge is 0.508 e. The second kappa shape index (κ2) is 5.32. The zero-order chi connectivity index (χ0) is 13.0. The van der Waals surface area contributed by atoms with Crippen molar-refractivity contribution < 1.29 is 9.90 Å². The molecule has 0 aromatic heterocycles. The van der Waals surface area contributed by atoms with Crippen LogP contribution in [0.3, 0.4) is 0 Å². The molecule has 2 aromatic rings. The summed E-state index contributed by atoms with van der Waals surface area (Å²) in [4.78, 5) is 12.3. The molecule has 0 amide bonds. The van der Waals surface area contributed by atoms with Crippen LogP contribution in [0.2, 0.25) is 0 Å². The zero-order valence-corrected chi connectivity index (χ0v) is 10.1. The van der Waals surface area contributed by atoms with Crippen LogP contribution < -0.4 is 0 Å². The summed E-state index contributed by atoms with van der Waals surface area (Å²) >= 11 is 0. The molecule has 1 N–H and O–H groups in total. The van der Waals surface area contributed by atoms with E-state index < -0.39 is 0 Å². The average molecular weight is 238 g/mol. The smallest absolute Gasteiger partial charge is 0.193 e. The van der Waals surface area contributed by atoms with Gasteiger partial charge in [0.05, 0.1) is 0 Å². The number of rotatable bonds is 3. The highest BCUT2D eigenvalue weighted by Crippen LogP contribution is 2.21. The van der Waals surface area contributed by atoms with E-state index in [4.69, 9.17) is 0 Å². The van der Waals surface area contributed by atoms with Gasteiger partial charge in [-0.15, -0.1) is 0 Å². The molecule has 0 fully saturated rings. The molecule has 0 aliphatic carbocycles. The van der Waals surface area contributed by atoms with Gasteiger partial charge >= 0.3 is 0 Å². The van der Waals surface area contributed by atoms with Crippen LogP contribution in [0, 0.1) is 0 Å². The molecule has 2 rings (SSSR count). The summed E-state index contributed by atoms with van der Waals surface area (Å²) in [6.07, 6.45) is 3.66. The van der Waals surface area contributed by atoms with Crippen molar-refractivity contribution in [3.8, 4) is 5.75 Å². The van der Waals surface area contributed by atoms with E-state index >= 15 is 0 Å². The van der Waals surface area contributed by atoms with Gasteiger partial charge in [-0.3, -0.25) is 4.79 Å². The molecule has 2 nitrogen and oxygen atoms in total. The first-order valence-electron chi connectivity index (χ1n) is 5.78. The Morgan fingerprint density at radius 3 is 2.50 bits per heavy atom. The second-order valence-corrected chi connectivity index (χ2v) is 3.97. The number of aromatic hydroxyl groups is 1. The molecule has 0 radical (unpaired) electrons. The van der Waals surface area contributed by atoms with E-state index in [1.807, 2.05) is 37.3 Å². The van der Waals surface area contributed by atoms with Gasteiger partial charge in [0.2, 0.25) is 0 Å². The number of phenolic OH excluding ortho intramolecular Hbond substituents is 1. The molecule has 2 heteroatoms. The minimum Gasteiger partial charge on any atom is -0.508 e. The van der Waals surface area contributed by atoms with Crippen LogP contribution in [0.25, 0.3) is 6.08 Å². The van der Waals surface area contributed by atoms with Crippen LogP contribution in [-0.2, 0) is 0 Å². The summed E-state index contributed by atoms with van der Waals surface area (Å²) in [5.41, 5.74) is 1.97. The first-order valence-corrected chi connectivity index (χ1v) is 5.78. The van der Waals surface area contributed by atoms with E-state index in [0.717, 1.165) is 5.56 Å². The molecule has 2 aromatic carbocycles. The maximum absolute atomic E-state index is 12.3. The molecular formula is C16H14O2. The Morgan fingerprint density at radius 1 is 1.11 bits per heavy atom. The molecule has 0 unspecified atom stereocenters. The van der Waals surface area contributed by atoms with Gasteiger partial charge in [0.25, 0.3) is 0 Å². The Hall–Kier alpha value is -2.35. The Balaban J connectivity index is 2.48. The predicted molar refractivity (Wildman–Crippen MR) is 72.7 cm³/mol. The average Bonchev–Trinajstić information content (AvgIpc) is 2.40. The number of carbonyl (C=O) groups excluding carboxylic acids is 1. The third-order valence-corrected chi connectivity index (χ3v) is 2.66. The minimum absolute atomic E-state index is 0.0382. The second-order valence-electron chi connectivity index (χ2n) is 3.97. The predicted octanol–water partition coefficient (Wildman–Crippen LogP) is 3.66. The van der Waals surface area contributed by atoms with Crippen LogP contribution in [0.5, 0.6) is 5.75 Å². The van der Waals surface area contributed by atoms with Crippen LogP contribution in [0.4, 0.5) is 0 Å². The summed E-state index contributed by atoms with van der Waals surface area (Å²) in [7, 11) is 0. The summed E-state index contributed by atoms with van der Waals surface area (Å²) in [6.45, 7) is 1.88. The number of allylic oxidation sites excluding steroid dienone is 1. The van der Waals surface area contributed by atoms with Crippen LogP contribution >= 0.6 is 0 Å². The van der Waals surface area contributed by atoms with Crippen molar-refractivity contribution in [3.05, 3.63) is 71.3 Å². The fourth-order valence-corrected chi connectivity index (χ4v) is 1.82. The molecule has 0 saturated heterocycles. The Bertz CT molecular complexity index is 583. The van der Waals surface area contributed by atoms with Crippen molar-refractivity contribution >= 4 is 11.9 Å².